The van der Waals surface area contributed by atoms with Gasteiger partial charge in [0, 0.05) is 42.4 Å². The van der Waals surface area contributed by atoms with Crippen molar-refractivity contribution in [3.8, 4) is 11.3 Å². The lowest BCUT2D eigenvalue weighted by Crippen LogP contribution is -2.25. The third-order valence-corrected chi connectivity index (χ3v) is 5.49. The van der Waals surface area contributed by atoms with Gasteiger partial charge in [-0.3, -0.25) is 9.20 Å². The molecule has 0 spiro atoms. The molecule has 2 aromatic heterocycles. The van der Waals surface area contributed by atoms with Crippen molar-refractivity contribution >= 4 is 27.2 Å². The van der Waals surface area contributed by atoms with Crippen molar-refractivity contribution in [1.29, 1.82) is 0 Å². The van der Waals surface area contributed by atoms with Crippen LogP contribution in [0.3, 0.4) is 0 Å². The van der Waals surface area contributed by atoms with Gasteiger partial charge in [-0.05, 0) is 25.0 Å². The van der Waals surface area contributed by atoms with E-state index in [9.17, 15) is 13.2 Å². The van der Waals surface area contributed by atoms with Gasteiger partial charge in [-0.1, -0.05) is 12.1 Å². The number of rotatable bonds is 7. The SMILES string of the molecule is CS(=O)(=O)CCNc1nccn2c(-c3ccc(C(=O)NC4CC4)cc3)cnc12. The van der Waals surface area contributed by atoms with Gasteiger partial charge in [0.15, 0.2) is 11.5 Å². The predicted molar refractivity (Wildman–Crippen MR) is 107 cm³/mol. The lowest BCUT2D eigenvalue weighted by atomic mass is 10.1. The number of amides is 1. The molecule has 1 amide bonds. The van der Waals surface area contributed by atoms with Crippen molar-refractivity contribution < 1.29 is 13.2 Å². The normalized spacial score (nSPS) is 14.2. The quantitative estimate of drug-likeness (QED) is 0.627. The fourth-order valence-corrected chi connectivity index (χ4v) is 3.37. The van der Waals surface area contributed by atoms with Crippen LogP contribution in [0.1, 0.15) is 23.2 Å². The van der Waals surface area contributed by atoms with Crippen LogP contribution in [0.25, 0.3) is 16.9 Å². The molecule has 1 fully saturated rings. The molecule has 1 aromatic carbocycles. The van der Waals surface area contributed by atoms with Crippen LogP contribution in [0.4, 0.5) is 5.82 Å². The lowest BCUT2D eigenvalue weighted by Gasteiger charge is -2.08. The Morgan fingerprint density at radius 2 is 1.96 bits per heavy atom. The van der Waals surface area contributed by atoms with Crippen molar-refractivity contribution in [2.24, 2.45) is 0 Å². The van der Waals surface area contributed by atoms with Gasteiger partial charge in [0.05, 0.1) is 17.6 Å². The maximum Gasteiger partial charge on any atom is 0.251 e. The minimum absolute atomic E-state index is 0.0215. The second kappa shape index (κ2) is 7.23. The summed E-state index contributed by atoms with van der Waals surface area (Å²) in [6.07, 6.45) is 8.48. The van der Waals surface area contributed by atoms with Gasteiger partial charge in [0.25, 0.3) is 5.91 Å². The van der Waals surface area contributed by atoms with Gasteiger partial charge in [-0.25, -0.2) is 18.4 Å². The molecule has 4 rings (SSSR count). The summed E-state index contributed by atoms with van der Waals surface area (Å²) >= 11 is 0. The first kappa shape index (κ1) is 18.4. The Labute approximate surface area is 162 Å². The van der Waals surface area contributed by atoms with E-state index in [-0.39, 0.29) is 18.2 Å². The maximum atomic E-state index is 12.1. The van der Waals surface area contributed by atoms with E-state index in [2.05, 4.69) is 20.6 Å². The monoisotopic (exact) mass is 399 g/mol. The summed E-state index contributed by atoms with van der Waals surface area (Å²) in [4.78, 5) is 20.8. The summed E-state index contributed by atoms with van der Waals surface area (Å²) in [6.45, 7) is 0.262. The summed E-state index contributed by atoms with van der Waals surface area (Å²) in [5, 5.41) is 6.01. The third-order valence-electron chi connectivity index (χ3n) is 4.55. The molecular weight excluding hydrogens is 378 g/mol. The van der Waals surface area contributed by atoms with Crippen LogP contribution in [-0.4, -0.2) is 53.3 Å². The van der Waals surface area contributed by atoms with Crippen molar-refractivity contribution in [2.75, 3.05) is 23.9 Å². The first-order valence-electron chi connectivity index (χ1n) is 9.06. The minimum atomic E-state index is -3.05. The summed E-state index contributed by atoms with van der Waals surface area (Å²) in [5.41, 5.74) is 3.03. The minimum Gasteiger partial charge on any atom is -0.366 e. The smallest absolute Gasteiger partial charge is 0.251 e. The van der Waals surface area contributed by atoms with Crippen LogP contribution in [0.15, 0.2) is 42.9 Å². The lowest BCUT2D eigenvalue weighted by molar-refractivity contribution is 0.0951. The number of carbonyl (C=O) groups is 1. The zero-order chi connectivity index (χ0) is 19.7. The zero-order valence-electron chi connectivity index (χ0n) is 15.4. The van der Waals surface area contributed by atoms with Crippen molar-refractivity contribution in [2.45, 2.75) is 18.9 Å². The van der Waals surface area contributed by atoms with E-state index in [4.69, 9.17) is 0 Å². The highest BCUT2D eigenvalue weighted by molar-refractivity contribution is 7.90. The second-order valence-corrected chi connectivity index (χ2v) is 9.25. The summed E-state index contributed by atoms with van der Waals surface area (Å²) < 4.78 is 24.5. The molecule has 1 saturated carbocycles. The molecule has 0 saturated heterocycles. The molecule has 1 aliphatic rings. The molecule has 1 aliphatic carbocycles. The van der Waals surface area contributed by atoms with E-state index in [0.717, 1.165) is 24.1 Å². The Morgan fingerprint density at radius 3 is 2.64 bits per heavy atom. The largest absolute Gasteiger partial charge is 0.366 e. The zero-order valence-corrected chi connectivity index (χ0v) is 16.2. The number of benzene rings is 1. The highest BCUT2D eigenvalue weighted by Gasteiger charge is 2.23. The molecule has 2 N–H and O–H groups in total. The van der Waals surface area contributed by atoms with E-state index in [0.29, 0.717) is 23.1 Å². The van der Waals surface area contributed by atoms with E-state index >= 15 is 0 Å². The number of nitrogens with zero attached hydrogens (tertiary/aromatic N) is 3. The average molecular weight is 399 g/mol. The van der Waals surface area contributed by atoms with Crippen LogP contribution >= 0.6 is 0 Å². The number of hydrogen-bond donors (Lipinski definition) is 2. The molecule has 28 heavy (non-hydrogen) atoms. The first-order chi connectivity index (χ1) is 13.4. The maximum absolute atomic E-state index is 12.1. The molecule has 3 aromatic rings. The van der Waals surface area contributed by atoms with Crippen molar-refractivity contribution in [1.82, 2.24) is 19.7 Å². The number of hydrogen-bond acceptors (Lipinski definition) is 6. The van der Waals surface area contributed by atoms with Gasteiger partial charge >= 0.3 is 0 Å². The molecule has 146 valence electrons. The first-order valence-corrected chi connectivity index (χ1v) is 11.1. The topological polar surface area (TPSA) is 105 Å². The summed E-state index contributed by atoms with van der Waals surface area (Å²) in [5.74, 6) is 0.500. The number of carbonyl (C=O) groups excluding carboxylic acids is 1. The van der Waals surface area contributed by atoms with Crippen molar-refractivity contribution in [3.63, 3.8) is 0 Å². The number of sulfone groups is 1. The predicted octanol–water partition coefficient (Wildman–Crippen LogP) is 1.74. The van der Waals surface area contributed by atoms with E-state index in [1.165, 1.54) is 6.26 Å². The highest BCUT2D eigenvalue weighted by atomic mass is 32.2. The van der Waals surface area contributed by atoms with Crippen LogP contribution in [-0.2, 0) is 9.84 Å². The summed E-state index contributed by atoms with van der Waals surface area (Å²) in [6, 6.07) is 7.72. The molecule has 2 heterocycles. The van der Waals surface area contributed by atoms with Crippen LogP contribution in [0, 0.1) is 0 Å². The number of anilines is 1. The van der Waals surface area contributed by atoms with E-state index < -0.39 is 9.84 Å². The Morgan fingerprint density at radius 1 is 1.21 bits per heavy atom. The Balaban J connectivity index is 1.55. The van der Waals surface area contributed by atoms with Crippen LogP contribution in [0.2, 0.25) is 0 Å². The van der Waals surface area contributed by atoms with Crippen LogP contribution in [0.5, 0.6) is 0 Å². The Bertz CT molecular complexity index is 1120. The fourth-order valence-electron chi connectivity index (χ4n) is 2.90. The van der Waals surface area contributed by atoms with Gasteiger partial charge < -0.3 is 10.6 Å². The molecule has 9 heteroatoms. The fraction of sp³-hybridized carbons (Fsp3) is 0.316. The molecule has 0 atom stereocenters. The Hall–Kier alpha value is -2.94. The van der Waals surface area contributed by atoms with Gasteiger partial charge in [0.1, 0.15) is 9.84 Å². The molecule has 8 nitrogen and oxygen atoms in total. The molecule has 0 bridgehead atoms. The number of fused-ring (bicyclic) bond motifs is 1. The van der Waals surface area contributed by atoms with Gasteiger partial charge in [-0.15, -0.1) is 0 Å². The van der Waals surface area contributed by atoms with Gasteiger partial charge in [0.2, 0.25) is 0 Å². The number of imidazole rings is 1. The number of nitrogens with one attached hydrogen (secondary N) is 2. The molecule has 0 unspecified atom stereocenters. The summed E-state index contributed by atoms with van der Waals surface area (Å²) in [7, 11) is -3.05. The third kappa shape index (κ3) is 4.14. The number of aromatic nitrogens is 3. The van der Waals surface area contributed by atoms with E-state index in [1.54, 1.807) is 30.7 Å². The molecular formula is C19H21N5O3S. The van der Waals surface area contributed by atoms with Gasteiger partial charge in [-0.2, -0.15) is 0 Å². The highest BCUT2D eigenvalue weighted by Crippen LogP contribution is 2.24. The Kier molecular flexibility index (Phi) is 4.76. The standard InChI is InChI=1S/C19H21N5O3S/c1-28(26,27)11-9-21-17-18-22-12-16(24(18)10-8-20-17)13-2-4-14(5-3-13)19(25)23-15-6-7-15/h2-5,8,10,12,15H,6-7,9,11H2,1H3,(H,20,21)(H,23,25). The van der Waals surface area contributed by atoms with Crippen LogP contribution < -0.4 is 10.6 Å². The van der Waals surface area contributed by atoms with E-state index in [1.807, 2.05) is 16.5 Å². The van der Waals surface area contributed by atoms with Crippen molar-refractivity contribution in [3.05, 3.63) is 48.4 Å². The second-order valence-electron chi connectivity index (χ2n) is 6.99. The average Bonchev–Trinajstić information content (AvgIpc) is 3.36. The molecule has 0 aliphatic heterocycles. The molecule has 0 radical (unpaired) electrons.